The fourth-order valence-electron chi connectivity index (χ4n) is 2.90. The Balaban J connectivity index is 0.00000400. The van der Waals surface area contributed by atoms with Crippen molar-refractivity contribution >= 4 is 18.3 Å². The number of hydrogen-bond acceptors (Lipinski definition) is 3. The summed E-state index contributed by atoms with van der Waals surface area (Å²) in [5.41, 5.74) is 6.08. The standard InChI is InChI=1S/C16H32N2O2.ClH/c1-3-5-7-13(6-4-2)12-18-16(19)15(17)14-8-10-20-11-9-14;/h13-15H,3-12,17H2,1-2H3,(H,18,19);1H. The molecule has 0 aromatic carbocycles. The molecule has 1 heterocycles. The van der Waals surface area contributed by atoms with Gasteiger partial charge in [0, 0.05) is 19.8 Å². The molecule has 0 radical (unpaired) electrons. The van der Waals surface area contributed by atoms with Gasteiger partial charge in [-0.05, 0) is 37.5 Å². The molecule has 0 saturated carbocycles. The van der Waals surface area contributed by atoms with E-state index in [4.69, 9.17) is 10.5 Å². The minimum Gasteiger partial charge on any atom is -0.381 e. The van der Waals surface area contributed by atoms with Crippen LogP contribution in [-0.2, 0) is 9.53 Å². The Kier molecular flexibility index (Phi) is 12.1. The van der Waals surface area contributed by atoms with Gasteiger partial charge in [-0.2, -0.15) is 0 Å². The van der Waals surface area contributed by atoms with Crippen molar-refractivity contribution < 1.29 is 9.53 Å². The van der Waals surface area contributed by atoms with Crippen molar-refractivity contribution in [1.82, 2.24) is 5.32 Å². The average Bonchev–Trinajstić information content (AvgIpc) is 2.49. The van der Waals surface area contributed by atoms with Crippen molar-refractivity contribution in [3.8, 4) is 0 Å². The molecular formula is C16H33ClN2O2. The Morgan fingerprint density at radius 3 is 2.48 bits per heavy atom. The average molecular weight is 321 g/mol. The number of carbonyl (C=O) groups is 1. The van der Waals surface area contributed by atoms with E-state index in [0.29, 0.717) is 5.92 Å². The first kappa shape index (κ1) is 20.7. The van der Waals surface area contributed by atoms with E-state index in [1.807, 2.05) is 0 Å². The molecular weight excluding hydrogens is 288 g/mol. The Bertz CT molecular complexity index is 271. The maximum Gasteiger partial charge on any atom is 0.237 e. The molecule has 5 heteroatoms. The number of ether oxygens (including phenoxy) is 1. The molecule has 1 aliphatic heterocycles. The van der Waals surface area contributed by atoms with Crippen molar-refractivity contribution in [3.05, 3.63) is 0 Å². The minimum atomic E-state index is -0.368. The minimum absolute atomic E-state index is 0. The van der Waals surface area contributed by atoms with Crippen molar-refractivity contribution in [2.45, 2.75) is 64.8 Å². The Morgan fingerprint density at radius 2 is 1.90 bits per heavy atom. The monoisotopic (exact) mass is 320 g/mol. The van der Waals surface area contributed by atoms with Gasteiger partial charge in [-0.25, -0.2) is 0 Å². The van der Waals surface area contributed by atoms with Crippen LogP contribution in [0.5, 0.6) is 0 Å². The molecule has 1 saturated heterocycles. The lowest BCUT2D eigenvalue weighted by Gasteiger charge is -2.27. The normalized spacial score (nSPS) is 18.6. The van der Waals surface area contributed by atoms with Gasteiger partial charge in [-0.15, -0.1) is 12.4 Å². The van der Waals surface area contributed by atoms with Crippen molar-refractivity contribution in [3.63, 3.8) is 0 Å². The van der Waals surface area contributed by atoms with Gasteiger partial charge >= 0.3 is 0 Å². The number of rotatable bonds is 9. The van der Waals surface area contributed by atoms with Crippen molar-refractivity contribution in [2.24, 2.45) is 17.6 Å². The Hall–Kier alpha value is -0.320. The van der Waals surface area contributed by atoms with Gasteiger partial charge in [0.1, 0.15) is 0 Å². The molecule has 2 unspecified atom stereocenters. The molecule has 21 heavy (non-hydrogen) atoms. The van der Waals surface area contributed by atoms with Crippen LogP contribution in [0, 0.1) is 11.8 Å². The van der Waals surface area contributed by atoms with Crippen molar-refractivity contribution in [2.75, 3.05) is 19.8 Å². The van der Waals surface area contributed by atoms with Gasteiger partial charge in [0.2, 0.25) is 5.91 Å². The topological polar surface area (TPSA) is 64.4 Å². The second-order valence-corrected chi connectivity index (χ2v) is 6.02. The molecule has 3 N–H and O–H groups in total. The fraction of sp³-hybridized carbons (Fsp3) is 0.938. The lowest BCUT2D eigenvalue weighted by atomic mass is 9.91. The highest BCUT2D eigenvalue weighted by Gasteiger charge is 2.26. The first-order valence-corrected chi connectivity index (χ1v) is 8.30. The van der Waals surface area contributed by atoms with Gasteiger partial charge in [0.25, 0.3) is 0 Å². The van der Waals surface area contributed by atoms with Crippen molar-refractivity contribution in [1.29, 1.82) is 0 Å². The number of hydrogen-bond donors (Lipinski definition) is 2. The molecule has 0 aliphatic carbocycles. The highest BCUT2D eigenvalue weighted by molar-refractivity contribution is 5.85. The fourth-order valence-corrected chi connectivity index (χ4v) is 2.90. The molecule has 0 bridgehead atoms. The zero-order valence-electron chi connectivity index (χ0n) is 13.6. The summed E-state index contributed by atoms with van der Waals surface area (Å²) in [7, 11) is 0. The maximum atomic E-state index is 12.1. The van der Waals surface area contributed by atoms with Gasteiger partial charge in [-0.1, -0.05) is 33.1 Å². The van der Waals surface area contributed by atoms with E-state index in [-0.39, 0.29) is 30.3 Å². The zero-order valence-corrected chi connectivity index (χ0v) is 14.4. The van der Waals surface area contributed by atoms with Crippen LogP contribution in [0.3, 0.4) is 0 Å². The first-order chi connectivity index (χ1) is 9.69. The molecule has 2 atom stereocenters. The number of nitrogens with one attached hydrogen (secondary N) is 1. The summed E-state index contributed by atoms with van der Waals surface area (Å²) >= 11 is 0. The third-order valence-electron chi connectivity index (χ3n) is 4.30. The van der Waals surface area contributed by atoms with E-state index >= 15 is 0 Å². The molecule has 1 fully saturated rings. The number of unbranched alkanes of at least 4 members (excludes halogenated alkanes) is 1. The van der Waals surface area contributed by atoms with E-state index in [1.165, 1.54) is 32.1 Å². The predicted molar refractivity (Wildman–Crippen MR) is 89.7 cm³/mol. The second kappa shape index (κ2) is 12.2. The third-order valence-corrected chi connectivity index (χ3v) is 4.30. The van der Waals surface area contributed by atoms with Crippen LogP contribution in [-0.4, -0.2) is 31.7 Å². The molecule has 4 nitrogen and oxygen atoms in total. The number of amides is 1. The summed E-state index contributed by atoms with van der Waals surface area (Å²) in [6, 6.07) is -0.368. The molecule has 0 spiro atoms. The third kappa shape index (κ3) is 8.03. The number of halogens is 1. The quantitative estimate of drug-likeness (QED) is 0.686. The number of nitrogens with two attached hydrogens (primary N) is 1. The molecule has 1 amide bonds. The molecule has 0 aromatic rings. The predicted octanol–water partition coefficient (Wildman–Crippen LogP) is 2.88. The van der Waals surface area contributed by atoms with E-state index < -0.39 is 0 Å². The largest absolute Gasteiger partial charge is 0.381 e. The SMILES string of the molecule is CCCCC(CCC)CNC(=O)C(N)C1CCOCC1.Cl. The van der Waals surface area contributed by atoms with Crippen LogP contribution < -0.4 is 11.1 Å². The summed E-state index contributed by atoms with van der Waals surface area (Å²) in [5.74, 6) is 0.907. The zero-order chi connectivity index (χ0) is 14.8. The Labute approximate surface area is 136 Å². The lowest BCUT2D eigenvalue weighted by Crippen LogP contribution is -2.48. The summed E-state index contributed by atoms with van der Waals surface area (Å²) < 4.78 is 5.32. The highest BCUT2D eigenvalue weighted by Crippen LogP contribution is 2.18. The highest BCUT2D eigenvalue weighted by atomic mass is 35.5. The van der Waals surface area contributed by atoms with E-state index in [1.54, 1.807) is 0 Å². The summed E-state index contributed by atoms with van der Waals surface area (Å²) in [5, 5.41) is 3.07. The summed E-state index contributed by atoms with van der Waals surface area (Å²) in [6.07, 6.45) is 7.84. The Morgan fingerprint density at radius 1 is 1.24 bits per heavy atom. The second-order valence-electron chi connectivity index (χ2n) is 6.02. The molecule has 126 valence electrons. The maximum absolute atomic E-state index is 12.1. The van der Waals surface area contributed by atoms with Gasteiger partial charge in [-0.3, -0.25) is 4.79 Å². The van der Waals surface area contributed by atoms with Gasteiger partial charge in [0.05, 0.1) is 6.04 Å². The van der Waals surface area contributed by atoms with Crippen LogP contribution >= 0.6 is 12.4 Å². The van der Waals surface area contributed by atoms with E-state index in [2.05, 4.69) is 19.2 Å². The number of carbonyl (C=O) groups excluding carboxylic acids is 1. The van der Waals surface area contributed by atoms with Crippen LogP contribution in [0.1, 0.15) is 58.8 Å². The first-order valence-electron chi connectivity index (χ1n) is 8.30. The lowest BCUT2D eigenvalue weighted by molar-refractivity contribution is -0.124. The van der Waals surface area contributed by atoms with Gasteiger partial charge in [0.15, 0.2) is 0 Å². The summed E-state index contributed by atoms with van der Waals surface area (Å²) in [6.45, 7) is 6.67. The van der Waals surface area contributed by atoms with E-state index in [0.717, 1.165) is 32.6 Å². The van der Waals surface area contributed by atoms with Gasteiger partial charge < -0.3 is 15.8 Å². The molecule has 1 aliphatic rings. The van der Waals surface area contributed by atoms with Crippen LogP contribution in [0.25, 0.3) is 0 Å². The van der Waals surface area contributed by atoms with Crippen LogP contribution in [0.2, 0.25) is 0 Å². The molecule has 0 aromatic heterocycles. The smallest absolute Gasteiger partial charge is 0.237 e. The van der Waals surface area contributed by atoms with E-state index in [9.17, 15) is 4.79 Å². The van der Waals surface area contributed by atoms with Crippen LogP contribution in [0.15, 0.2) is 0 Å². The molecule has 1 rings (SSSR count). The van der Waals surface area contributed by atoms with Crippen LogP contribution in [0.4, 0.5) is 0 Å². The summed E-state index contributed by atoms with van der Waals surface area (Å²) in [4.78, 5) is 12.1.